The standard InChI is InChI=1S/C16H14ClN2OP/c1-21(11-5-3-2-4-6-11)15-12-9-10(17)7-8-13(12)19-14(15)16(18)20/h2-9,19H,1H3,(H2,18,20). The third-order valence-corrected chi connectivity index (χ3v) is 5.90. The summed E-state index contributed by atoms with van der Waals surface area (Å²) in [4.78, 5) is 14.9. The van der Waals surface area contributed by atoms with E-state index in [1.165, 1.54) is 5.30 Å². The maximum Gasteiger partial charge on any atom is 0.265 e. The molecule has 106 valence electrons. The van der Waals surface area contributed by atoms with Crippen LogP contribution in [0.1, 0.15) is 10.5 Å². The predicted octanol–water partition coefficient (Wildman–Crippen LogP) is 2.98. The number of benzene rings is 2. The molecule has 0 spiro atoms. The van der Waals surface area contributed by atoms with Crippen LogP contribution in [-0.2, 0) is 0 Å². The Labute approximate surface area is 128 Å². The SMILES string of the molecule is CP(c1ccccc1)c1c(C(N)=O)[nH]c2ccc(Cl)cc12. The lowest BCUT2D eigenvalue weighted by Gasteiger charge is -2.13. The van der Waals surface area contributed by atoms with E-state index in [9.17, 15) is 4.79 Å². The number of H-pyrrole nitrogens is 1. The summed E-state index contributed by atoms with van der Waals surface area (Å²) in [6.45, 7) is 2.13. The predicted molar refractivity (Wildman–Crippen MR) is 90.4 cm³/mol. The first kappa shape index (κ1) is 14.1. The third-order valence-electron chi connectivity index (χ3n) is 3.46. The Morgan fingerprint density at radius 3 is 2.57 bits per heavy atom. The highest BCUT2D eigenvalue weighted by Crippen LogP contribution is 2.35. The van der Waals surface area contributed by atoms with Crippen molar-refractivity contribution in [3.63, 3.8) is 0 Å². The molecule has 0 aliphatic rings. The minimum Gasteiger partial charge on any atom is -0.364 e. The molecule has 2 aromatic carbocycles. The fourth-order valence-corrected chi connectivity index (χ4v) is 4.55. The van der Waals surface area contributed by atoms with Crippen LogP contribution >= 0.6 is 19.5 Å². The van der Waals surface area contributed by atoms with Crippen LogP contribution in [0.2, 0.25) is 5.02 Å². The van der Waals surface area contributed by atoms with Crippen molar-refractivity contribution < 1.29 is 4.79 Å². The largest absolute Gasteiger partial charge is 0.364 e. The molecule has 0 saturated carbocycles. The summed E-state index contributed by atoms with van der Waals surface area (Å²) >= 11 is 6.11. The highest BCUT2D eigenvalue weighted by Gasteiger charge is 2.21. The quantitative estimate of drug-likeness (QED) is 0.717. The molecule has 21 heavy (non-hydrogen) atoms. The van der Waals surface area contributed by atoms with Gasteiger partial charge in [-0.2, -0.15) is 0 Å². The second-order valence-corrected chi connectivity index (χ2v) is 7.32. The molecule has 1 atom stereocenters. The number of nitrogens with two attached hydrogens (primary N) is 1. The number of rotatable bonds is 3. The van der Waals surface area contributed by atoms with Crippen LogP contribution < -0.4 is 16.3 Å². The smallest absolute Gasteiger partial charge is 0.265 e. The number of aromatic nitrogens is 1. The molecular formula is C16H14ClN2OP. The van der Waals surface area contributed by atoms with Gasteiger partial charge in [0.1, 0.15) is 5.69 Å². The lowest BCUT2D eigenvalue weighted by molar-refractivity contribution is 0.0997. The van der Waals surface area contributed by atoms with Crippen LogP contribution in [0.4, 0.5) is 0 Å². The minimum atomic E-state index is -0.690. The molecule has 3 N–H and O–H groups in total. The van der Waals surface area contributed by atoms with E-state index in [0.29, 0.717) is 10.7 Å². The normalized spacial score (nSPS) is 12.5. The monoisotopic (exact) mass is 316 g/mol. The van der Waals surface area contributed by atoms with Crippen molar-refractivity contribution in [2.45, 2.75) is 0 Å². The number of primary amides is 1. The zero-order chi connectivity index (χ0) is 15.0. The molecule has 1 heterocycles. The summed E-state index contributed by atoms with van der Waals surface area (Å²) < 4.78 is 0. The van der Waals surface area contributed by atoms with Crippen molar-refractivity contribution >= 4 is 46.9 Å². The Morgan fingerprint density at radius 1 is 1.19 bits per heavy atom. The summed E-state index contributed by atoms with van der Waals surface area (Å²) in [5.41, 5.74) is 6.90. The van der Waals surface area contributed by atoms with Gasteiger partial charge in [0, 0.05) is 21.2 Å². The molecule has 3 rings (SSSR count). The van der Waals surface area contributed by atoms with Gasteiger partial charge in [-0.15, -0.1) is 0 Å². The zero-order valence-electron chi connectivity index (χ0n) is 11.4. The molecule has 0 aliphatic heterocycles. The summed E-state index contributed by atoms with van der Waals surface area (Å²) in [5, 5.41) is 3.76. The molecule has 0 bridgehead atoms. The number of hydrogen-bond acceptors (Lipinski definition) is 1. The minimum absolute atomic E-state index is 0.442. The van der Waals surface area contributed by atoms with Crippen molar-refractivity contribution in [3.8, 4) is 0 Å². The first-order chi connectivity index (χ1) is 10.1. The number of halogens is 1. The molecule has 0 fully saturated rings. The highest BCUT2D eigenvalue weighted by molar-refractivity contribution is 7.73. The van der Waals surface area contributed by atoms with E-state index >= 15 is 0 Å². The van der Waals surface area contributed by atoms with E-state index in [0.717, 1.165) is 16.2 Å². The third kappa shape index (κ3) is 2.55. The van der Waals surface area contributed by atoms with Crippen LogP contribution in [0.5, 0.6) is 0 Å². The van der Waals surface area contributed by atoms with Crippen molar-refractivity contribution in [1.29, 1.82) is 0 Å². The lowest BCUT2D eigenvalue weighted by atomic mass is 10.2. The van der Waals surface area contributed by atoms with Gasteiger partial charge >= 0.3 is 0 Å². The van der Waals surface area contributed by atoms with Crippen LogP contribution in [0, 0.1) is 0 Å². The van der Waals surface area contributed by atoms with Gasteiger partial charge < -0.3 is 10.7 Å². The van der Waals surface area contributed by atoms with Crippen LogP contribution in [-0.4, -0.2) is 17.6 Å². The Morgan fingerprint density at radius 2 is 1.90 bits per heavy atom. The number of amides is 1. The number of aromatic amines is 1. The zero-order valence-corrected chi connectivity index (χ0v) is 13.1. The van der Waals surface area contributed by atoms with Gasteiger partial charge in [-0.1, -0.05) is 41.9 Å². The van der Waals surface area contributed by atoms with Gasteiger partial charge in [0.25, 0.3) is 5.91 Å². The first-order valence-corrected chi connectivity index (χ1v) is 8.64. The maximum absolute atomic E-state index is 11.8. The molecular weight excluding hydrogens is 303 g/mol. The number of carbonyl (C=O) groups is 1. The first-order valence-electron chi connectivity index (χ1n) is 6.47. The Kier molecular flexibility index (Phi) is 3.71. The lowest BCUT2D eigenvalue weighted by Crippen LogP contribution is -2.22. The van der Waals surface area contributed by atoms with Crippen LogP contribution in [0.3, 0.4) is 0 Å². The Hall–Kier alpha value is -1.83. The van der Waals surface area contributed by atoms with E-state index in [2.05, 4.69) is 23.8 Å². The van der Waals surface area contributed by atoms with Gasteiger partial charge in [-0.05, 0) is 38.1 Å². The molecule has 1 unspecified atom stereocenters. The fourth-order valence-electron chi connectivity index (χ4n) is 2.46. The van der Waals surface area contributed by atoms with Crippen LogP contribution in [0.25, 0.3) is 10.9 Å². The summed E-state index contributed by atoms with van der Waals surface area (Å²) in [7, 11) is -0.690. The maximum atomic E-state index is 11.8. The topological polar surface area (TPSA) is 58.9 Å². The highest BCUT2D eigenvalue weighted by atomic mass is 35.5. The second-order valence-electron chi connectivity index (χ2n) is 4.80. The summed E-state index contributed by atoms with van der Waals surface area (Å²) in [5.74, 6) is -0.442. The van der Waals surface area contributed by atoms with E-state index in [-0.39, 0.29) is 0 Å². The van der Waals surface area contributed by atoms with Crippen molar-refractivity contribution in [2.75, 3.05) is 6.66 Å². The fraction of sp³-hybridized carbons (Fsp3) is 0.0625. The molecule has 3 nitrogen and oxygen atoms in total. The Balaban J connectivity index is 2.26. The molecule has 1 amide bonds. The van der Waals surface area contributed by atoms with E-state index < -0.39 is 13.8 Å². The number of carbonyl (C=O) groups excluding carboxylic acids is 1. The molecule has 1 aromatic heterocycles. The average Bonchev–Trinajstić information content (AvgIpc) is 2.86. The van der Waals surface area contributed by atoms with Gasteiger partial charge in [-0.25, -0.2) is 0 Å². The summed E-state index contributed by atoms with van der Waals surface area (Å²) in [6, 6.07) is 15.7. The van der Waals surface area contributed by atoms with Crippen LogP contribution in [0.15, 0.2) is 48.5 Å². The number of hydrogen-bond donors (Lipinski definition) is 2. The number of nitrogens with one attached hydrogen (secondary N) is 1. The van der Waals surface area contributed by atoms with E-state index in [1.54, 1.807) is 6.07 Å². The van der Waals surface area contributed by atoms with E-state index in [1.807, 2.05) is 30.3 Å². The van der Waals surface area contributed by atoms with Crippen molar-refractivity contribution in [3.05, 3.63) is 59.2 Å². The molecule has 0 saturated heterocycles. The van der Waals surface area contributed by atoms with E-state index in [4.69, 9.17) is 17.3 Å². The van der Waals surface area contributed by atoms with Crippen molar-refractivity contribution in [1.82, 2.24) is 4.98 Å². The second kappa shape index (κ2) is 5.51. The Bertz CT molecular complexity index is 814. The number of fused-ring (bicyclic) bond motifs is 1. The molecule has 0 aliphatic carbocycles. The molecule has 3 aromatic rings. The average molecular weight is 317 g/mol. The van der Waals surface area contributed by atoms with Gasteiger partial charge in [-0.3, -0.25) is 4.79 Å². The summed E-state index contributed by atoms with van der Waals surface area (Å²) in [6.07, 6.45) is 0. The molecule has 0 radical (unpaired) electrons. The molecule has 5 heteroatoms. The van der Waals surface area contributed by atoms with Gasteiger partial charge in [0.15, 0.2) is 0 Å². The van der Waals surface area contributed by atoms with Crippen molar-refractivity contribution in [2.24, 2.45) is 5.73 Å². The van der Waals surface area contributed by atoms with Gasteiger partial charge in [0.05, 0.1) is 0 Å². The van der Waals surface area contributed by atoms with Gasteiger partial charge in [0.2, 0.25) is 0 Å².